The standard InChI is InChI=1S/C16H13NO.C14H12O/c1-12-15(13-8-4-2-5-9-13)16(17-18-12)14-10-6-3-7-11-14;15-14(13-9-5-2-6-10-13)11-12-7-3-1-4-8-12/h2-11H,1H3;1-10H,11H2. The molecular formula is C30H25NO2. The second kappa shape index (κ2) is 10.9. The summed E-state index contributed by atoms with van der Waals surface area (Å²) in [5.74, 6) is 1.02. The summed E-state index contributed by atoms with van der Waals surface area (Å²) in [6.07, 6.45) is 0.477. The summed E-state index contributed by atoms with van der Waals surface area (Å²) in [6, 6.07) is 39.5. The van der Waals surface area contributed by atoms with Gasteiger partial charge in [-0.15, -0.1) is 0 Å². The summed E-state index contributed by atoms with van der Waals surface area (Å²) in [6.45, 7) is 1.95. The van der Waals surface area contributed by atoms with E-state index in [0.717, 1.165) is 39.3 Å². The van der Waals surface area contributed by atoms with Gasteiger partial charge >= 0.3 is 0 Å². The van der Waals surface area contributed by atoms with Crippen LogP contribution in [0.15, 0.2) is 126 Å². The minimum atomic E-state index is 0.168. The van der Waals surface area contributed by atoms with Crippen molar-refractivity contribution in [3.05, 3.63) is 138 Å². The molecule has 0 aliphatic carbocycles. The third-order valence-electron chi connectivity index (χ3n) is 5.28. The quantitative estimate of drug-likeness (QED) is 0.272. The maximum atomic E-state index is 11.8. The molecule has 0 radical (unpaired) electrons. The Balaban J connectivity index is 0.000000160. The van der Waals surface area contributed by atoms with Crippen molar-refractivity contribution in [2.75, 3.05) is 0 Å². The van der Waals surface area contributed by atoms with Gasteiger partial charge in [0.1, 0.15) is 11.5 Å². The van der Waals surface area contributed by atoms with Crippen molar-refractivity contribution in [1.82, 2.24) is 5.16 Å². The predicted molar refractivity (Wildman–Crippen MR) is 133 cm³/mol. The molecule has 0 N–H and O–H groups in total. The molecule has 1 aromatic heterocycles. The van der Waals surface area contributed by atoms with Gasteiger partial charge < -0.3 is 4.52 Å². The summed E-state index contributed by atoms with van der Waals surface area (Å²) in [5.41, 5.74) is 6.03. The van der Waals surface area contributed by atoms with Gasteiger partial charge in [-0.3, -0.25) is 4.79 Å². The van der Waals surface area contributed by atoms with Gasteiger partial charge in [0.2, 0.25) is 0 Å². The molecule has 0 bridgehead atoms. The van der Waals surface area contributed by atoms with Gasteiger partial charge in [-0.05, 0) is 18.1 Å². The zero-order chi connectivity index (χ0) is 22.9. The molecule has 0 atom stereocenters. The van der Waals surface area contributed by atoms with Crippen molar-refractivity contribution in [2.24, 2.45) is 0 Å². The average molecular weight is 432 g/mol. The highest BCUT2D eigenvalue weighted by atomic mass is 16.5. The first-order valence-corrected chi connectivity index (χ1v) is 10.9. The zero-order valence-electron chi connectivity index (χ0n) is 18.5. The fourth-order valence-electron chi connectivity index (χ4n) is 3.62. The highest BCUT2D eigenvalue weighted by Crippen LogP contribution is 2.33. The van der Waals surface area contributed by atoms with Gasteiger partial charge in [-0.1, -0.05) is 126 Å². The van der Waals surface area contributed by atoms with Gasteiger partial charge in [0.15, 0.2) is 5.78 Å². The fraction of sp³-hybridized carbons (Fsp3) is 0.0667. The van der Waals surface area contributed by atoms with E-state index in [1.54, 1.807) is 0 Å². The summed E-state index contributed by atoms with van der Waals surface area (Å²) in [5, 5.41) is 4.19. The SMILES string of the molecule is Cc1onc(-c2ccccc2)c1-c1ccccc1.O=C(Cc1ccccc1)c1ccccc1. The van der Waals surface area contributed by atoms with Crippen LogP contribution in [-0.2, 0) is 6.42 Å². The van der Waals surface area contributed by atoms with Crippen LogP contribution in [0, 0.1) is 6.92 Å². The second-order valence-electron chi connectivity index (χ2n) is 7.65. The fourth-order valence-corrected chi connectivity index (χ4v) is 3.62. The Morgan fingerprint density at radius 1 is 0.667 bits per heavy atom. The molecule has 162 valence electrons. The highest BCUT2D eigenvalue weighted by molar-refractivity contribution is 5.97. The van der Waals surface area contributed by atoms with E-state index in [2.05, 4.69) is 17.3 Å². The third-order valence-corrected chi connectivity index (χ3v) is 5.28. The number of Topliss-reactive ketones (excluding diaryl/α,β-unsaturated/α-hetero) is 1. The number of hydrogen-bond acceptors (Lipinski definition) is 3. The molecule has 3 nitrogen and oxygen atoms in total. The molecule has 0 saturated heterocycles. The molecule has 33 heavy (non-hydrogen) atoms. The van der Waals surface area contributed by atoms with Crippen molar-refractivity contribution >= 4 is 5.78 Å². The largest absolute Gasteiger partial charge is 0.360 e. The summed E-state index contributed by atoms with van der Waals surface area (Å²) in [7, 11) is 0. The number of hydrogen-bond donors (Lipinski definition) is 0. The molecule has 4 aromatic carbocycles. The molecule has 5 rings (SSSR count). The molecule has 5 aromatic rings. The van der Waals surface area contributed by atoms with Crippen molar-refractivity contribution in [3.8, 4) is 22.4 Å². The zero-order valence-corrected chi connectivity index (χ0v) is 18.5. The van der Waals surface area contributed by atoms with Crippen LogP contribution < -0.4 is 0 Å². The summed E-state index contributed by atoms with van der Waals surface area (Å²) in [4.78, 5) is 11.8. The normalized spacial score (nSPS) is 10.2. The van der Waals surface area contributed by atoms with Crippen LogP contribution in [0.5, 0.6) is 0 Å². The van der Waals surface area contributed by atoms with Crippen LogP contribution in [0.3, 0.4) is 0 Å². The molecular weight excluding hydrogens is 406 g/mol. The van der Waals surface area contributed by atoms with Crippen molar-refractivity contribution < 1.29 is 9.32 Å². The number of aryl methyl sites for hydroxylation is 1. The molecule has 0 saturated carbocycles. The molecule has 0 amide bonds. The highest BCUT2D eigenvalue weighted by Gasteiger charge is 2.15. The van der Waals surface area contributed by atoms with Crippen LogP contribution in [0.4, 0.5) is 0 Å². The lowest BCUT2D eigenvalue weighted by Gasteiger charge is -2.02. The van der Waals surface area contributed by atoms with Gasteiger partial charge in [0.25, 0.3) is 0 Å². The minimum Gasteiger partial charge on any atom is -0.360 e. The van der Waals surface area contributed by atoms with Crippen molar-refractivity contribution in [2.45, 2.75) is 13.3 Å². The lowest BCUT2D eigenvalue weighted by Crippen LogP contribution is -2.02. The van der Waals surface area contributed by atoms with Gasteiger partial charge in [0.05, 0.1) is 5.56 Å². The van der Waals surface area contributed by atoms with Crippen LogP contribution in [0.1, 0.15) is 21.7 Å². The van der Waals surface area contributed by atoms with E-state index in [4.69, 9.17) is 4.52 Å². The van der Waals surface area contributed by atoms with Crippen molar-refractivity contribution in [3.63, 3.8) is 0 Å². The number of rotatable bonds is 5. The molecule has 0 aliphatic heterocycles. The topological polar surface area (TPSA) is 43.1 Å². The van der Waals surface area contributed by atoms with Crippen molar-refractivity contribution in [1.29, 1.82) is 0 Å². The number of aromatic nitrogens is 1. The van der Waals surface area contributed by atoms with Gasteiger partial charge in [-0.25, -0.2) is 0 Å². The van der Waals surface area contributed by atoms with E-state index in [0.29, 0.717) is 6.42 Å². The maximum absolute atomic E-state index is 11.8. The minimum absolute atomic E-state index is 0.168. The molecule has 1 heterocycles. The van der Waals surface area contributed by atoms with E-state index >= 15 is 0 Å². The van der Waals surface area contributed by atoms with Crippen LogP contribution in [0.2, 0.25) is 0 Å². The Bertz CT molecular complexity index is 1280. The molecule has 0 fully saturated rings. The summed E-state index contributed by atoms with van der Waals surface area (Å²) >= 11 is 0. The lowest BCUT2D eigenvalue weighted by atomic mass is 10.00. The van der Waals surface area contributed by atoms with E-state index in [-0.39, 0.29) is 5.78 Å². The first-order valence-electron chi connectivity index (χ1n) is 10.9. The van der Waals surface area contributed by atoms with E-state index in [1.807, 2.05) is 116 Å². The monoisotopic (exact) mass is 431 g/mol. The number of ketones is 1. The third kappa shape index (κ3) is 5.72. The maximum Gasteiger partial charge on any atom is 0.167 e. The summed E-state index contributed by atoms with van der Waals surface area (Å²) < 4.78 is 5.35. The number of nitrogens with zero attached hydrogens (tertiary/aromatic N) is 1. The molecule has 0 unspecified atom stereocenters. The smallest absolute Gasteiger partial charge is 0.167 e. The first kappa shape index (κ1) is 22.0. The van der Waals surface area contributed by atoms with Gasteiger partial charge in [0, 0.05) is 17.5 Å². The molecule has 0 aliphatic rings. The van der Waals surface area contributed by atoms with Crippen LogP contribution >= 0.6 is 0 Å². The Morgan fingerprint density at radius 2 is 1.15 bits per heavy atom. The van der Waals surface area contributed by atoms with E-state index in [1.165, 1.54) is 0 Å². The Labute approximate surface area is 194 Å². The number of carbonyl (C=O) groups excluding carboxylic acids is 1. The number of carbonyl (C=O) groups is 1. The van der Waals surface area contributed by atoms with E-state index in [9.17, 15) is 4.79 Å². The van der Waals surface area contributed by atoms with Crippen LogP contribution in [0.25, 0.3) is 22.4 Å². The van der Waals surface area contributed by atoms with E-state index < -0.39 is 0 Å². The lowest BCUT2D eigenvalue weighted by molar-refractivity contribution is 0.0993. The Kier molecular flexibility index (Phi) is 7.24. The Morgan fingerprint density at radius 3 is 1.73 bits per heavy atom. The Hall–Kier alpha value is -4.24. The second-order valence-corrected chi connectivity index (χ2v) is 7.65. The predicted octanol–water partition coefficient (Wildman–Crippen LogP) is 7.43. The molecule has 3 heteroatoms. The molecule has 0 spiro atoms. The average Bonchev–Trinajstić information content (AvgIpc) is 3.28. The number of benzene rings is 4. The van der Waals surface area contributed by atoms with Crippen LogP contribution in [-0.4, -0.2) is 10.9 Å². The van der Waals surface area contributed by atoms with Gasteiger partial charge in [-0.2, -0.15) is 0 Å². The first-order chi connectivity index (χ1) is 16.2.